The predicted molar refractivity (Wildman–Crippen MR) is 63.9 cm³/mol. The third kappa shape index (κ3) is 2.15. The number of nitrogens with two attached hydrogens (primary N) is 1. The molecule has 0 atom stereocenters. The van der Waals surface area contributed by atoms with Crippen molar-refractivity contribution in [3.8, 4) is 11.1 Å². The molecule has 0 aliphatic carbocycles. The molecule has 2 rings (SSSR count). The second-order valence-corrected chi connectivity index (χ2v) is 4.30. The van der Waals surface area contributed by atoms with Gasteiger partial charge < -0.3 is 5.73 Å². The van der Waals surface area contributed by atoms with E-state index in [2.05, 4.69) is 15.9 Å². The summed E-state index contributed by atoms with van der Waals surface area (Å²) in [6.45, 7) is 0. The lowest BCUT2D eigenvalue weighted by molar-refractivity contribution is 0.584. The third-order valence-electron chi connectivity index (χ3n) is 2.33. The standard InChI is InChI=1S/C12H7BrF3N/c13-8-2-3-9(15)11(12(8)16)7-5-6(14)1-4-10(7)17/h1-5H,17H2. The summed E-state index contributed by atoms with van der Waals surface area (Å²) >= 11 is 2.94. The Bertz CT molecular complexity index is 584. The maximum absolute atomic E-state index is 13.8. The van der Waals surface area contributed by atoms with Gasteiger partial charge >= 0.3 is 0 Å². The van der Waals surface area contributed by atoms with Crippen LogP contribution in [0.4, 0.5) is 18.9 Å². The highest BCUT2D eigenvalue weighted by Crippen LogP contribution is 2.34. The van der Waals surface area contributed by atoms with Gasteiger partial charge in [0.1, 0.15) is 17.5 Å². The van der Waals surface area contributed by atoms with Crippen LogP contribution < -0.4 is 5.73 Å². The highest BCUT2D eigenvalue weighted by Gasteiger charge is 2.17. The summed E-state index contributed by atoms with van der Waals surface area (Å²) in [6.07, 6.45) is 0. The number of halogens is 4. The maximum Gasteiger partial charge on any atom is 0.148 e. The first-order valence-corrected chi connectivity index (χ1v) is 5.49. The molecule has 5 heteroatoms. The van der Waals surface area contributed by atoms with Crippen LogP contribution in [0.1, 0.15) is 0 Å². The van der Waals surface area contributed by atoms with Crippen LogP contribution in [0.3, 0.4) is 0 Å². The molecule has 0 bridgehead atoms. The zero-order chi connectivity index (χ0) is 12.6. The van der Waals surface area contributed by atoms with Crippen molar-refractivity contribution in [2.75, 3.05) is 5.73 Å². The van der Waals surface area contributed by atoms with Crippen LogP contribution in [-0.4, -0.2) is 0 Å². The lowest BCUT2D eigenvalue weighted by Gasteiger charge is -2.09. The summed E-state index contributed by atoms with van der Waals surface area (Å²) in [4.78, 5) is 0. The van der Waals surface area contributed by atoms with Crippen molar-refractivity contribution in [3.63, 3.8) is 0 Å². The van der Waals surface area contributed by atoms with E-state index in [0.717, 1.165) is 18.2 Å². The molecule has 0 radical (unpaired) electrons. The molecule has 0 spiro atoms. The van der Waals surface area contributed by atoms with Gasteiger partial charge in [0, 0.05) is 11.3 Å². The zero-order valence-electron chi connectivity index (χ0n) is 8.48. The summed E-state index contributed by atoms with van der Waals surface area (Å²) in [5, 5.41) is 0. The van der Waals surface area contributed by atoms with Crippen molar-refractivity contribution in [1.29, 1.82) is 0 Å². The molecule has 0 aromatic heterocycles. The van der Waals surface area contributed by atoms with E-state index in [4.69, 9.17) is 5.73 Å². The average molecular weight is 302 g/mol. The van der Waals surface area contributed by atoms with Crippen molar-refractivity contribution in [2.24, 2.45) is 0 Å². The van der Waals surface area contributed by atoms with Crippen molar-refractivity contribution in [3.05, 3.63) is 52.3 Å². The Hall–Kier alpha value is -1.49. The van der Waals surface area contributed by atoms with Crippen LogP contribution in [0.15, 0.2) is 34.8 Å². The van der Waals surface area contributed by atoms with E-state index in [9.17, 15) is 13.2 Å². The van der Waals surface area contributed by atoms with E-state index in [-0.39, 0.29) is 21.3 Å². The van der Waals surface area contributed by atoms with Crippen LogP contribution in [-0.2, 0) is 0 Å². The molecule has 0 aliphatic rings. The van der Waals surface area contributed by atoms with Gasteiger partial charge in [0.05, 0.1) is 10.0 Å². The predicted octanol–water partition coefficient (Wildman–Crippen LogP) is 4.12. The van der Waals surface area contributed by atoms with Crippen molar-refractivity contribution in [1.82, 2.24) is 0 Å². The molecule has 0 saturated heterocycles. The smallest absolute Gasteiger partial charge is 0.148 e. The van der Waals surface area contributed by atoms with Gasteiger partial charge in [-0.05, 0) is 46.3 Å². The monoisotopic (exact) mass is 301 g/mol. The average Bonchev–Trinajstić information content (AvgIpc) is 2.29. The highest BCUT2D eigenvalue weighted by atomic mass is 79.9. The van der Waals surface area contributed by atoms with Crippen LogP contribution in [0, 0.1) is 17.5 Å². The van der Waals surface area contributed by atoms with Crippen LogP contribution in [0.2, 0.25) is 0 Å². The topological polar surface area (TPSA) is 26.0 Å². The van der Waals surface area contributed by atoms with Crippen LogP contribution in [0.5, 0.6) is 0 Å². The second-order valence-electron chi connectivity index (χ2n) is 3.45. The van der Waals surface area contributed by atoms with Gasteiger partial charge in [-0.15, -0.1) is 0 Å². The van der Waals surface area contributed by atoms with Gasteiger partial charge in [0.15, 0.2) is 0 Å². The van der Waals surface area contributed by atoms with Gasteiger partial charge in [0.25, 0.3) is 0 Å². The fourth-order valence-corrected chi connectivity index (χ4v) is 1.85. The minimum absolute atomic E-state index is 0.00120. The first kappa shape index (κ1) is 12.0. The molecule has 88 valence electrons. The first-order valence-electron chi connectivity index (χ1n) is 4.69. The molecule has 2 N–H and O–H groups in total. The summed E-state index contributed by atoms with van der Waals surface area (Å²) in [5.41, 5.74) is 5.37. The minimum atomic E-state index is -0.803. The molecular formula is C12H7BrF3N. The molecule has 17 heavy (non-hydrogen) atoms. The van der Waals surface area contributed by atoms with E-state index in [1.54, 1.807) is 0 Å². The van der Waals surface area contributed by atoms with Gasteiger partial charge in [-0.2, -0.15) is 0 Å². The Balaban J connectivity index is 2.76. The Kier molecular flexibility index (Phi) is 3.11. The van der Waals surface area contributed by atoms with Crippen molar-refractivity contribution in [2.45, 2.75) is 0 Å². The molecule has 2 aromatic carbocycles. The molecular weight excluding hydrogens is 295 g/mol. The first-order chi connectivity index (χ1) is 8.00. The van der Waals surface area contributed by atoms with E-state index in [1.807, 2.05) is 0 Å². The Morgan fingerprint density at radius 1 is 1.00 bits per heavy atom. The summed E-state index contributed by atoms with van der Waals surface area (Å²) in [7, 11) is 0. The number of anilines is 1. The molecule has 0 aliphatic heterocycles. The van der Waals surface area contributed by atoms with Gasteiger partial charge in [-0.3, -0.25) is 0 Å². The SMILES string of the molecule is Nc1ccc(F)cc1-c1c(F)ccc(Br)c1F. The Morgan fingerprint density at radius 3 is 2.41 bits per heavy atom. The van der Waals surface area contributed by atoms with E-state index in [0.29, 0.717) is 0 Å². The third-order valence-corrected chi connectivity index (χ3v) is 2.94. The van der Waals surface area contributed by atoms with E-state index >= 15 is 0 Å². The number of nitrogen functional groups attached to an aromatic ring is 1. The second kappa shape index (κ2) is 4.41. The number of rotatable bonds is 1. The fraction of sp³-hybridized carbons (Fsp3) is 0. The molecule has 1 nitrogen and oxygen atoms in total. The van der Waals surface area contributed by atoms with E-state index < -0.39 is 17.5 Å². The van der Waals surface area contributed by atoms with Crippen molar-refractivity contribution >= 4 is 21.6 Å². The van der Waals surface area contributed by atoms with Gasteiger partial charge in [0.2, 0.25) is 0 Å². The van der Waals surface area contributed by atoms with Gasteiger partial charge in [-0.25, -0.2) is 13.2 Å². The lowest BCUT2D eigenvalue weighted by atomic mass is 10.0. The normalized spacial score (nSPS) is 10.6. The number of hydrogen-bond donors (Lipinski definition) is 1. The zero-order valence-corrected chi connectivity index (χ0v) is 10.1. The maximum atomic E-state index is 13.8. The molecule has 0 unspecified atom stereocenters. The lowest BCUT2D eigenvalue weighted by Crippen LogP contribution is -1.97. The molecule has 0 amide bonds. The minimum Gasteiger partial charge on any atom is -0.398 e. The largest absolute Gasteiger partial charge is 0.398 e. The quantitative estimate of drug-likeness (QED) is 0.622. The Labute approximate surface area is 104 Å². The van der Waals surface area contributed by atoms with E-state index in [1.165, 1.54) is 12.1 Å². The fourth-order valence-electron chi connectivity index (χ4n) is 1.52. The molecule has 0 heterocycles. The van der Waals surface area contributed by atoms with Gasteiger partial charge in [-0.1, -0.05) is 0 Å². The number of hydrogen-bond acceptors (Lipinski definition) is 1. The van der Waals surface area contributed by atoms with Crippen LogP contribution >= 0.6 is 15.9 Å². The Morgan fingerprint density at radius 2 is 1.71 bits per heavy atom. The van der Waals surface area contributed by atoms with Crippen LogP contribution in [0.25, 0.3) is 11.1 Å². The summed E-state index contributed by atoms with van der Waals surface area (Å²) in [5.74, 6) is -2.20. The summed E-state index contributed by atoms with van der Waals surface area (Å²) < 4.78 is 40.6. The van der Waals surface area contributed by atoms with Crippen molar-refractivity contribution < 1.29 is 13.2 Å². The highest BCUT2D eigenvalue weighted by molar-refractivity contribution is 9.10. The molecule has 2 aromatic rings. The number of benzene rings is 2. The molecule has 0 saturated carbocycles. The summed E-state index contributed by atoms with van der Waals surface area (Å²) in [6, 6.07) is 5.73. The molecule has 0 fully saturated rings.